The number of phenols is 2. The third-order valence-electron chi connectivity index (χ3n) is 3.49. The molecule has 5 heteroatoms. The van der Waals surface area contributed by atoms with Gasteiger partial charge in [0.2, 0.25) is 5.78 Å². The summed E-state index contributed by atoms with van der Waals surface area (Å²) in [5, 5.41) is 19.5. The number of allylic oxidation sites excluding steroid dienone is 2. The molecular formula is C14H12O5. The Morgan fingerprint density at radius 2 is 1.68 bits per heavy atom. The van der Waals surface area contributed by atoms with E-state index in [1.54, 1.807) is 0 Å². The number of hydrogen-bond donors (Lipinski definition) is 2. The number of hydrogen-bond acceptors (Lipinski definition) is 5. The third-order valence-corrected chi connectivity index (χ3v) is 3.49. The first-order valence-electron chi connectivity index (χ1n) is 6.05. The van der Waals surface area contributed by atoms with Gasteiger partial charge in [0, 0.05) is 5.57 Å². The zero-order valence-corrected chi connectivity index (χ0v) is 10.3. The Balaban J connectivity index is 2.25. The van der Waals surface area contributed by atoms with Crippen LogP contribution in [0.15, 0.2) is 23.5 Å². The highest BCUT2D eigenvalue weighted by atomic mass is 16.5. The van der Waals surface area contributed by atoms with Gasteiger partial charge in [-0.3, -0.25) is 9.59 Å². The van der Waals surface area contributed by atoms with Crippen molar-refractivity contribution in [3.63, 3.8) is 0 Å². The van der Waals surface area contributed by atoms with E-state index in [1.165, 1.54) is 12.1 Å². The topological polar surface area (TPSA) is 83.8 Å². The molecule has 0 spiro atoms. The Morgan fingerprint density at radius 3 is 2.32 bits per heavy atom. The molecule has 3 rings (SSSR count). The second-order valence-electron chi connectivity index (χ2n) is 4.79. The van der Waals surface area contributed by atoms with E-state index >= 15 is 0 Å². The summed E-state index contributed by atoms with van der Waals surface area (Å²) >= 11 is 0. The van der Waals surface area contributed by atoms with E-state index in [1.807, 2.05) is 6.92 Å². The largest absolute Gasteiger partial charge is 0.507 e. The van der Waals surface area contributed by atoms with Crippen LogP contribution in [0.2, 0.25) is 0 Å². The van der Waals surface area contributed by atoms with Crippen LogP contribution in [0.25, 0.3) is 0 Å². The second-order valence-corrected chi connectivity index (χ2v) is 4.79. The maximum absolute atomic E-state index is 12.3. The molecule has 0 saturated carbocycles. The molecule has 0 fully saturated rings. The standard InChI is InChI=1S/C14H12O5/c1-6-2-3-7-12(17)10-8(15)4-5-9(16)11(10)13(18)14(7)19-6/h4-6,15-16H,2-3H2,1H3. The SMILES string of the molecule is CC1CCC2=C(O1)C(=O)c1c(O)ccc(O)c1C2=O. The average Bonchev–Trinajstić information content (AvgIpc) is 2.38. The van der Waals surface area contributed by atoms with Crippen molar-refractivity contribution in [3.05, 3.63) is 34.6 Å². The van der Waals surface area contributed by atoms with Gasteiger partial charge >= 0.3 is 0 Å². The van der Waals surface area contributed by atoms with Crippen LogP contribution in [0, 0.1) is 0 Å². The van der Waals surface area contributed by atoms with E-state index in [-0.39, 0.29) is 40.1 Å². The zero-order chi connectivity index (χ0) is 13.7. The molecule has 0 amide bonds. The number of ether oxygens (including phenoxy) is 1. The number of rotatable bonds is 0. The predicted molar refractivity (Wildman–Crippen MR) is 65.2 cm³/mol. The highest BCUT2D eigenvalue weighted by Crippen LogP contribution is 2.40. The minimum Gasteiger partial charge on any atom is -0.507 e. The first-order chi connectivity index (χ1) is 9.00. The summed E-state index contributed by atoms with van der Waals surface area (Å²) in [7, 11) is 0. The normalized spacial score (nSPS) is 21.8. The minimum absolute atomic E-state index is 0.0112. The van der Waals surface area contributed by atoms with Gasteiger partial charge in [-0.15, -0.1) is 0 Å². The van der Waals surface area contributed by atoms with Crippen molar-refractivity contribution >= 4 is 11.6 Å². The molecule has 1 aromatic rings. The quantitative estimate of drug-likeness (QED) is 0.696. The van der Waals surface area contributed by atoms with Gasteiger partial charge in [-0.25, -0.2) is 0 Å². The maximum atomic E-state index is 12.3. The number of benzene rings is 1. The minimum atomic E-state index is -0.537. The fourth-order valence-electron chi connectivity index (χ4n) is 2.50. The lowest BCUT2D eigenvalue weighted by Crippen LogP contribution is -2.29. The number of carbonyl (C=O) groups excluding carboxylic acids is 2. The number of phenolic OH excluding ortho intramolecular Hbond substituents is 2. The third kappa shape index (κ3) is 1.54. The fraction of sp³-hybridized carbons (Fsp3) is 0.286. The maximum Gasteiger partial charge on any atom is 0.232 e. The van der Waals surface area contributed by atoms with Crippen LogP contribution in [0.5, 0.6) is 11.5 Å². The summed E-state index contributed by atoms with van der Waals surface area (Å²) in [4.78, 5) is 24.6. The molecule has 0 bridgehead atoms. The summed E-state index contributed by atoms with van der Waals surface area (Å²) in [5.74, 6) is -1.58. The van der Waals surface area contributed by atoms with Crippen molar-refractivity contribution < 1.29 is 24.5 Å². The Kier molecular flexibility index (Phi) is 2.38. The number of fused-ring (bicyclic) bond motifs is 1. The van der Waals surface area contributed by atoms with Crippen molar-refractivity contribution in [2.24, 2.45) is 0 Å². The molecule has 0 saturated heterocycles. The van der Waals surface area contributed by atoms with Crippen molar-refractivity contribution in [3.8, 4) is 11.5 Å². The summed E-state index contributed by atoms with van der Waals surface area (Å²) in [6.45, 7) is 1.82. The molecule has 0 radical (unpaired) electrons. The molecule has 1 aliphatic heterocycles. The molecule has 1 unspecified atom stereocenters. The van der Waals surface area contributed by atoms with Gasteiger partial charge in [0.25, 0.3) is 0 Å². The van der Waals surface area contributed by atoms with Gasteiger partial charge in [0.1, 0.15) is 11.5 Å². The van der Waals surface area contributed by atoms with Crippen molar-refractivity contribution in [1.82, 2.24) is 0 Å². The number of ketones is 2. The van der Waals surface area contributed by atoms with Crippen molar-refractivity contribution in [2.75, 3.05) is 0 Å². The van der Waals surface area contributed by atoms with Crippen molar-refractivity contribution in [1.29, 1.82) is 0 Å². The first kappa shape index (κ1) is 11.8. The van der Waals surface area contributed by atoms with Crippen LogP contribution in [-0.4, -0.2) is 27.9 Å². The molecule has 1 atom stereocenters. The summed E-state index contributed by atoms with van der Waals surface area (Å²) in [6, 6.07) is 2.40. The molecule has 2 aliphatic rings. The first-order valence-corrected chi connectivity index (χ1v) is 6.05. The molecule has 2 N–H and O–H groups in total. The molecule has 0 aromatic heterocycles. The molecule has 19 heavy (non-hydrogen) atoms. The molecule has 1 heterocycles. The lowest BCUT2D eigenvalue weighted by molar-refractivity contribution is 0.0675. The van der Waals surface area contributed by atoms with Crippen LogP contribution < -0.4 is 0 Å². The summed E-state index contributed by atoms with van der Waals surface area (Å²) < 4.78 is 5.44. The molecule has 98 valence electrons. The van der Waals surface area contributed by atoms with Crippen LogP contribution in [0.4, 0.5) is 0 Å². The highest BCUT2D eigenvalue weighted by Gasteiger charge is 2.39. The van der Waals surface area contributed by atoms with Gasteiger partial charge in [0.05, 0.1) is 17.2 Å². The van der Waals surface area contributed by atoms with E-state index in [2.05, 4.69) is 0 Å². The molecular weight excluding hydrogens is 248 g/mol. The van der Waals surface area contributed by atoms with Crippen LogP contribution in [-0.2, 0) is 4.74 Å². The fourth-order valence-corrected chi connectivity index (χ4v) is 2.50. The predicted octanol–water partition coefficient (Wildman–Crippen LogP) is 1.93. The Morgan fingerprint density at radius 1 is 1.11 bits per heavy atom. The summed E-state index contributed by atoms with van der Waals surface area (Å²) in [6.07, 6.45) is 0.944. The van der Waals surface area contributed by atoms with Crippen LogP contribution in [0.3, 0.4) is 0 Å². The Hall–Kier alpha value is -2.30. The van der Waals surface area contributed by atoms with Crippen molar-refractivity contribution in [2.45, 2.75) is 25.9 Å². The number of aromatic hydroxyl groups is 2. The van der Waals surface area contributed by atoms with Gasteiger partial charge in [0.15, 0.2) is 11.5 Å². The van der Waals surface area contributed by atoms with E-state index in [0.29, 0.717) is 12.8 Å². The van der Waals surface area contributed by atoms with Gasteiger partial charge < -0.3 is 14.9 Å². The zero-order valence-electron chi connectivity index (χ0n) is 10.3. The van der Waals surface area contributed by atoms with Crippen LogP contribution >= 0.6 is 0 Å². The average molecular weight is 260 g/mol. The lowest BCUT2D eigenvalue weighted by Gasteiger charge is -2.29. The van der Waals surface area contributed by atoms with E-state index < -0.39 is 11.6 Å². The Labute approximate surface area is 109 Å². The van der Waals surface area contributed by atoms with Crippen LogP contribution in [0.1, 0.15) is 40.5 Å². The van der Waals surface area contributed by atoms with E-state index in [4.69, 9.17) is 4.74 Å². The smallest absolute Gasteiger partial charge is 0.232 e. The number of carbonyl (C=O) groups is 2. The van der Waals surface area contributed by atoms with E-state index in [9.17, 15) is 19.8 Å². The lowest BCUT2D eigenvalue weighted by atomic mass is 9.83. The highest BCUT2D eigenvalue weighted by molar-refractivity contribution is 6.28. The van der Waals surface area contributed by atoms with Gasteiger partial charge in [-0.05, 0) is 31.9 Å². The van der Waals surface area contributed by atoms with Gasteiger partial charge in [-0.1, -0.05) is 0 Å². The monoisotopic (exact) mass is 260 g/mol. The molecule has 5 nitrogen and oxygen atoms in total. The summed E-state index contributed by atoms with van der Waals surface area (Å²) in [5.41, 5.74) is -0.00347. The molecule has 1 aliphatic carbocycles. The number of Topliss-reactive ketones (excluding diaryl/α,β-unsaturated/α-hetero) is 2. The Bertz CT molecular complexity index is 641. The van der Waals surface area contributed by atoms with E-state index in [0.717, 1.165) is 0 Å². The second kappa shape index (κ2) is 3.85. The molecule has 1 aromatic carbocycles. The van der Waals surface area contributed by atoms with Gasteiger partial charge in [-0.2, -0.15) is 0 Å².